The second-order valence-corrected chi connectivity index (χ2v) is 6.59. The second kappa shape index (κ2) is 5.49. The molecule has 0 aliphatic carbocycles. The van der Waals surface area contributed by atoms with Crippen molar-refractivity contribution in [1.82, 2.24) is 4.90 Å². The summed E-state index contributed by atoms with van der Waals surface area (Å²) in [5, 5.41) is 0.417. The van der Waals surface area contributed by atoms with Crippen LogP contribution in [-0.4, -0.2) is 23.9 Å². The standard InChI is InChI=1S/C16H21ClN2O/c1-16(2,3)11-7-9-19(10-8-11)15(20)14-12(17)5-4-6-13(14)18/h4-7H,8-10,18H2,1-3H3. The van der Waals surface area contributed by atoms with Crippen LogP contribution in [0.4, 0.5) is 5.69 Å². The molecule has 108 valence electrons. The molecular weight excluding hydrogens is 272 g/mol. The number of nitrogens with two attached hydrogens (primary N) is 1. The van der Waals surface area contributed by atoms with Crippen LogP contribution >= 0.6 is 11.6 Å². The molecule has 2 rings (SSSR count). The first-order valence-corrected chi connectivity index (χ1v) is 7.21. The zero-order valence-electron chi connectivity index (χ0n) is 12.2. The molecule has 0 aromatic heterocycles. The minimum absolute atomic E-state index is 0.0858. The van der Waals surface area contributed by atoms with E-state index in [4.69, 9.17) is 17.3 Å². The largest absolute Gasteiger partial charge is 0.398 e. The topological polar surface area (TPSA) is 46.3 Å². The molecule has 4 heteroatoms. The average Bonchev–Trinajstić information content (AvgIpc) is 2.37. The van der Waals surface area contributed by atoms with Gasteiger partial charge in [-0.2, -0.15) is 0 Å². The van der Waals surface area contributed by atoms with Crippen molar-refractivity contribution in [3.63, 3.8) is 0 Å². The SMILES string of the molecule is CC(C)(C)C1=CCN(C(=O)c2c(N)cccc2Cl)CC1. The smallest absolute Gasteiger partial charge is 0.257 e. The van der Waals surface area contributed by atoms with Crippen molar-refractivity contribution in [2.75, 3.05) is 18.8 Å². The van der Waals surface area contributed by atoms with Gasteiger partial charge in [-0.15, -0.1) is 0 Å². The Morgan fingerprint density at radius 1 is 1.35 bits per heavy atom. The summed E-state index contributed by atoms with van der Waals surface area (Å²) in [6, 6.07) is 5.16. The maximum absolute atomic E-state index is 12.5. The first kappa shape index (κ1) is 14.9. The van der Waals surface area contributed by atoms with Gasteiger partial charge in [0.05, 0.1) is 10.6 Å². The van der Waals surface area contributed by atoms with E-state index in [0.717, 1.165) is 6.42 Å². The summed E-state index contributed by atoms with van der Waals surface area (Å²) in [5.41, 5.74) is 8.30. The number of carbonyl (C=O) groups is 1. The van der Waals surface area contributed by atoms with Crippen LogP contribution in [0.25, 0.3) is 0 Å². The molecule has 0 spiro atoms. The second-order valence-electron chi connectivity index (χ2n) is 6.18. The fourth-order valence-corrected chi connectivity index (χ4v) is 2.72. The van der Waals surface area contributed by atoms with Gasteiger partial charge in [0.2, 0.25) is 0 Å². The molecule has 0 saturated carbocycles. The molecule has 0 unspecified atom stereocenters. The van der Waals surface area contributed by atoms with Gasteiger partial charge in [-0.05, 0) is 24.0 Å². The number of nitrogen functional groups attached to an aromatic ring is 1. The molecule has 2 N–H and O–H groups in total. The third-order valence-corrected chi connectivity index (χ3v) is 4.03. The molecule has 0 fully saturated rings. The summed E-state index contributed by atoms with van der Waals surface area (Å²) < 4.78 is 0. The van der Waals surface area contributed by atoms with Crippen LogP contribution in [-0.2, 0) is 0 Å². The van der Waals surface area contributed by atoms with Crippen LogP contribution < -0.4 is 5.73 Å². The first-order chi connectivity index (χ1) is 9.30. The van der Waals surface area contributed by atoms with Gasteiger partial charge in [0.1, 0.15) is 0 Å². The molecule has 1 aromatic carbocycles. The number of carbonyl (C=O) groups excluding carboxylic acids is 1. The fourth-order valence-electron chi connectivity index (χ4n) is 2.46. The average molecular weight is 293 g/mol. The van der Waals surface area contributed by atoms with E-state index < -0.39 is 0 Å². The van der Waals surface area contributed by atoms with Gasteiger partial charge in [-0.25, -0.2) is 0 Å². The number of nitrogens with zero attached hydrogens (tertiary/aromatic N) is 1. The number of hydrogen-bond acceptors (Lipinski definition) is 2. The maximum atomic E-state index is 12.5. The lowest BCUT2D eigenvalue weighted by molar-refractivity contribution is 0.0766. The molecule has 0 atom stereocenters. The minimum Gasteiger partial charge on any atom is -0.398 e. The van der Waals surface area contributed by atoms with Crippen molar-refractivity contribution in [2.45, 2.75) is 27.2 Å². The van der Waals surface area contributed by atoms with E-state index in [1.807, 2.05) is 0 Å². The Balaban J connectivity index is 2.19. The van der Waals surface area contributed by atoms with E-state index in [9.17, 15) is 4.79 Å². The summed E-state index contributed by atoms with van der Waals surface area (Å²) in [7, 11) is 0. The predicted octanol–water partition coefficient (Wildman–Crippen LogP) is 3.74. The van der Waals surface area contributed by atoms with Crippen molar-refractivity contribution >= 4 is 23.2 Å². The van der Waals surface area contributed by atoms with Crippen molar-refractivity contribution in [3.05, 3.63) is 40.4 Å². The van der Waals surface area contributed by atoms with Crippen molar-refractivity contribution < 1.29 is 4.79 Å². The Hall–Kier alpha value is -1.48. The predicted molar refractivity (Wildman–Crippen MR) is 83.9 cm³/mol. The van der Waals surface area contributed by atoms with E-state index in [1.54, 1.807) is 23.1 Å². The summed E-state index contributed by atoms with van der Waals surface area (Å²) >= 11 is 6.10. The Bertz CT molecular complexity index is 538. The molecule has 0 bridgehead atoms. The Kier molecular flexibility index (Phi) is 4.09. The summed E-state index contributed by atoms with van der Waals surface area (Å²) in [6.45, 7) is 7.93. The Morgan fingerprint density at radius 3 is 2.55 bits per heavy atom. The van der Waals surface area contributed by atoms with Crippen molar-refractivity contribution in [2.24, 2.45) is 5.41 Å². The third kappa shape index (κ3) is 2.98. The number of rotatable bonds is 1. The molecule has 0 saturated heterocycles. The molecule has 3 nitrogen and oxygen atoms in total. The van der Waals surface area contributed by atoms with Crippen molar-refractivity contribution in [3.8, 4) is 0 Å². The zero-order valence-corrected chi connectivity index (χ0v) is 13.0. The number of benzene rings is 1. The normalized spacial score (nSPS) is 16.0. The third-order valence-electron chi connectivity index (χ3n) is 3.72. The lowest BCUT2D eigenvalue weighted by atomic mass is 9.83. The quantitative estimate of drug-likeness (QED) is 0.633. The lowest BCUT2D eigenvalue weighted by Crippen LogP contribution is -2.36. The van der Waals surface area contributed by atoms with Crippen LogP contribution in [0.3, 0.4) is 0 Å². The summed E-state index contributed by atoms with van der Waals surface area (Å²) in [6.07, 6.45) is 3.05. The molecule has 1 heterocycles. The molecule has 20 heavy (non-hydrogen) atoms. The number of hydrogen-bond donors (Lipinski definition) is 1. The van der Waals surface area contributed by atoms with E-state index in [-0.39, 0.29) is 11.3 Å². The van der Waals surface area contributed by atoms with Gasteiger partial charge in [-0.1, -0.05) is 50.1 Å². The monoisotopic (exact) mass is 292 g/mol. The van der Waals surface area contributed by atoms with Crippen molar-refractivity contribution in [1.29, 1.82) is 0 Å². The van der Waals surface area contributed by atoms with E-state index in [0.29, 0.717) is 29.4 Å². The summed E-state index contributed by atoms with van der Waals surface area (Å²) in [5.74, 6) is -0.0858. The van der Waals surface area contributed by atoms with E-state index >= 15 is 0 Å². The fraction of sp³-hybridized carbons (Fsp3) is 0.438. The van der Waals surface area contributed by atoms with Crippen LogP contribution in [0.15, 0.2) is 29.8 Å². The van der Waals surface area contributed by atoms with Gasteiger partial charge in [-0.3, -0.25) is 4.79 Å². The maximum Gasteiger partial charge on any atom is 0.257 e. The number of anilines is 1. The molecule has 0 radical (unpaired) electrons. The summed E-state index contributed by atoms with van der Waals surface area (Å²) in [4.78, 5) is 14.3. The van der Waals surface area contributed by atoms with Gasteiger partial charge >= 0.3 is 0 Å². The molecular formula is C16H21ClN2O. The highest BCUT2D eigenvalue weighted by molar-refractivity contribution is 6.34. The van der Waals surface area contributed by atoms with Crippen LogP contribution in [0.2, 0.25) is 5.02 Å². The zero-order chi connectivity index (χ0) is 14.9. The number of amides is 1. The molecule has 1 aromatic rings. The number of halogens is 1. The van der Waals surface area contributed by atoms with Crippen LogP contribution in [0.1, 0.15) is 37.6 Å². The van der Waals surface area contributed by atoms with Crippen LogP contribution in [0, 0.1) is 5.41 Å². The van der Waals surface area contributed by atoms with Crippen LogP contribution in [0.5, 0.6) is 0 Å². The van der Waals surface area contributed by atoms with Gasteiger partial charge in [0, 0.05) is 18.8 Å². The van der Waals surface area contributed by atoms with E-state index in [1.165, 1.54) is 5.57 Å². The Labute approximate surface area is 125 Å². The van der Waals surface area contributed by atoms with Gasteiger partial charge < -0.3 is 10.6 Å². The van der Waals surface area contributed by atoms with Gasteiger partial charge in [0.25, 0.3) is 5.91 Å². The highest BCUT2D eigenvalue weighted by Gasteiger charge is 2.26. The minimum atomic E-state index is -0.0858. The van der Waals surface area contributed by atoms with Gasteiger partial charge in [0.15, 0.2) is 0 Å². The highest BCUT2D eigenvalue weighted by Crippen LogP contribution is 2.31. The first-order valence-electron chi connectivity index (χ1n) is 6.83. The highest BCUT2D eigenvalue weighted by atomic mass is 35.5. The Morgan fingerprint density at radius 2 is 2.05 bits per heavy atom. The molecule has 1 amide bonds. The molecule has 1 aliphatic heterocycles. The van der Waals surface area contributed by atoms with E-state index in [2.05, 4.69) is 26.8 Å². The lowest BCUT2D eigenvalue weighted by Gasteiger charge is -2.32. The molecule has 1 aliphatic rings.